The molecule has 0 amide bonds. The molecule has 0 saturated carbocycles. The van der Waals surface area contributed by atoms with Crippen LogP contribution < -0.4 is 4.90 Å². The van der Waals surface area contributed by atoms with E-state index in [9.17, 15) is 9.90 Å². The van der Waals surface area contributed by atoms with Gasteiger partial charge in [-0.15, -0.1) is 0 Å². The standard InChI is InChI=1S/C14H12ClN3O2/c15-12-6-16-7-13(17-12)18-8-10-4-2-1-3-9(10)5-11(18)14(19)20/h1-4,6-7,11H,5,8H2,(H,19,20). The van der Waals surface area contributed by atoms with E-state index in [1.165, 1.54) is 12.4 Å². The average molecular weight is 290 g/mol. The molecule has 1 atom stereocenters. The Morgan fingerprint density at radius 1 is 1.30 bits per heavy atom. The Bertz CT molecular complexity index is 662. The van der Waals surface area contributed by atoms with E-state index in [1.807, 2.05) is 24.3 Å². The number of aliphatic carboxylic acids is 1. The van der Waals surface area contributed by atoms with Crippen molar-refractivity contribution in [1.82, 2.24) is 9.97 Å². The molecule has 1 unspecified atom stereocenters. The molecule has 0 saturated heterocycles. The Balaban J connectivity index is 2.02. The first-order valence-corrected chi connectivity index (χ1v) is 6.57. The minimum atomic E-state index is -0.874. The Morgan fingerprint density at radius 3 is 2.75 bits per heavy atom. The van der Waals surface area contributed by atoms with Crippen LogP contribution in [0.25, 0.3) is 0 Å². The molecule has 20 heavy (non-hydrogen) atoms. The molecule has 0 radical (unpaired) electrons. The van der Waals surface area contributed by atoms with E-state index in [0.29, 0.717) is 18.8 Å². The summed E-state index contributed by atoms with van der Waals surface area (Å²) in [6.45, 7) is 0.488. The van der Waals surface area contributed by atoms with Gasteiger partial charge in [-0.25, -0.2) is 9.78 Å². The van der Waals surface area contributed by atoms with Crippen molar-refractivity contribution in [2.75, 3.05) is 4.90 Å². The molecular weight excluding hydrogens is 278 g/mol. The Kier molecular flexibility index (Phi) is 3.28. The predicted molar refractivity (Wildman–Crippen MR) is 74.8 cm³/mol. The fourth-order valence-electron chi connectivity index (χ4n) is 2.46. The fourth-order valence-corrected chi connectivity index (χ4v) is 2.60. The number of hydrogen-bond donors (Lipinski definition) is 1. The maximum atomic E-state index is 11.5. The van der Waals surface area contributed by atoms with Crippen molar-refractivity contribution < 1.29 is 9.90 Å². The zero-order valence-electron chi connectivity index (χ0n) is 10.5. The Labute approximate surface area is 120 Å². The van der Waals surface area contributed by atoms with Crippen LogP contribution in [0.3, 0.4) is 0 Å². The van der Waals surface area contributed by atoms with Crippen molar-refractivity contribution in [1.29, 1.82) is 0 Å². The monoisotopic (exact) mass is 289 g/mol. The maximum absolute atomic E-state index is 11.5. The van der Waals surface area contributed by atoms with E-state index >= 15 is 0 Å². The summed E-state index contributed by atoms with van der Waals surface area (Å²) >= 11 is 5.84. The topological polar surface area (TPSA) is 66.3 Å². The van der Waals surface area contributed by atoms with Crippen molar-refractivity contribution in [2.45, 2.75) is 19.0 Å². The molecule has 0 spiro atoms. The number of aromatic nitrogens is 2. The predicted octanol–water partition coefficient (Wildman–Crippen LogP) is 2.15. The largest absolute Gasteiger partial charge is 0.480 e. The lowest BCUT2D eigenvalue weighted by molar-refractivity contribution is -0.138. The van der Waals surface area contributed by atoms with Crippen molar-refractivity contribution >= 4 is 23.4 Å². The number of carbonyl (C=O) groups is 1. The van der Waals surface area contributed by atoms with Gasteiger partial charge in [-0.1, -0.05) is 35.9 Å². The molecule has 1 aromatic carbocycles. The Morgan fingerprint density at radius 2 is 2.05 bits per heavy atom. The molecule has 2 aromatic rings. The minimum absolute atomic E-state index is 0.255. The molecular formula is C14H12ClN3O2. The molecule has 0 fully saturated rings. The first-order chi connectivity index (χ1) is 9.65. The van der Waals surface area contributed by atoms with Crippen molar-refractivity contribution in [3.8, 4) is 0 Å². The molecule has 0 bridgehead atoms. The lowest BCUT2D eigenvalue weighted by Crippen LogP contribution is -2.46. The number of benzene rings is 1. The van der Waals surface area contributed by atoms with Crippen LogP contribution in [0, 0.1) is 0 Å². The summed E-state index contributed by atoms with van der Waals surface area (Å²) in [5, 5.41) is 9.70. The number of nitrogens with zero attached hydrogens (tertiary/aromatic N) is 3. The van der Waals surface area contributed by atoms with Crippen LogP contribution in [-0.4, -0.2) is 27.1 Å². The number of rotatable bonds is 2. The van der Waals surface area contributed by atoms with Crippen molar-refractivity contribution in [2.24, 2.45) is 0 Å². The summed E-state index contributed by atoms with van der Waals surface area (Å²) < 4.78 is 0. The molecule has 1 N–H and O–H groups in total. The highest BCUT2D eigenvalue weighted by molar-refractivity contribution is 6.29. The molecule has 5 nitrogen and oxygen atoms in total. The smallest absolute Gasteiger partial charge is 0.326 e. The summed E-state index contributed by atoms with van der Waals surface area (Å²) in [6.07, 6.45) is 3.41. The lowest BCUT2D eigenvalue weighted by atomic mass is 9.94. The van der Waals surface area contributed by atoms with Gasteiger partial charge in [0, 0.05) is 13.0 Å². The second-order valence-electron chi connectivity index (χ2n) is 4.65. The number of hydrogen-bond acceptors (Lipinski definition) is 4. The lowest BCUT2D eigenvalue weighted by Gasteiger charge is -2.35. The van der Waals surface area contributed by atoms with Gasteiger partial charge in [0.2, 0.25) is 0 Å². The molecule has 2 heterocycles. The summed E-state index contributed by atoms with van der Waals surface area (Å²) in [7, 11) is 0. The van der Waals surface area contributed by atoms with E-state index in [-0.39, 0.29) is 5.15 Å². The van der Waals surface area contributed by atoms with Gasteiger partial charge in [0.05, 0.1) is 12.4 Å². The average Bonchev–Trinajstić information content (AvgIpc) is 2.46. The summed E-state index contributed by atoms with van der Waals surface area (Å²) in [5.41, 5.74) is 2.16. The van der Waals surface area contributed by atoms with Crippen LogP contribution in [-0.2, 0) is 17.8 Å². The number of halogens is 1. The second-order valence-corrected chi connectivity index (χ2v) is 5.04. The van der Waals surface area contributed by atoms with E-state index < -0.39 is 12.0 Å². The highest BCUT2D eigenvalue weighted by Gasteiger charge is 2.32. The van der Waals surface area contributed by atoms with Crippen LogP contribution in [0.15, 0.2) is 36.7 Å². The van der Waals surface area contributed by atoms with Gasteiger partial charge in [0.25, 0.3) is 0 Å². The van der Waals surface area contributed by atoms with Gasteiger partial charge < -0.3 is 10.0 Å². The van der Waals surface area contributed by atoms with E-state index in [4.69, 9.17) is 11.6 Å². The van der Waals surface area contributed by atoms with Crippen LogP contribution in [0.4, 0.5) is 5.82 Å². The zero-order chi connectivity index (χ0) is 14.1. The van der Waals surface area contributed by atoms with E-state index in [0.717, 1.165) is 11.1 Å². The first kappa shape index (κ1) is 12.9. The van der Waals surface area contributed by atoms with Gasteiger partial charge in [0.15, 0.2) is 0 Å². The first-order valence-electron chi connectivity index (χ1n) is 6.19. The van der Waals surface area contributed by atoms with Crippen molar-refractivity contribution in [3.63, 3.8) is 0 Å². The van der Waals surface area contributed by atoms with E-state index in [1.54, 1.807) is 4.90 Å². The van der Waals surface area contributed by atoms with Gasteiger partial charge in [-0.05, 0) is 11.1 Å². The van der Waals surface area contributed by atoms with Gasteiger partial charge in [-0.3, -0.25) is 4.98 Å². The Hall–Kier alpha value is -2.14. The molecule has 3 rings (SSSR count). The number of fused-ring (bicyclic) bond motifs is 1. The molecule has 1 aromatic heterocycles. The van der Waals surface area contributed by atoms with Gasteiger partial charge in [-0.2, -0.15) is 0 Å². The second kappa shape index (κ2) is 5.09. The van der Waals surface area contributed by atoms with Gasteiger partial charge >= 0.3 is 5.97 Å². The SMILES string of the molecule is O=C(O)C1Cc2ccccc2CN1c1cncc(Cl)n1. The summed E-state index contributed by atoms with van der Waals surface area (Å²) in [6, 6.07) is 7.18. The maximum Gasteiger partial charge on any atom is 0.326 e. The quantitative estimate of drug-likeness (QED) is 0.917. The number of carboxylic acid groups (broad SMARTS) is 1. The van der Waals surface area contributed by atoms with Crippen LogP contribution in [0.5, 0.6) is 0 Å². The minimum Gasteiger partial charge on any atom is -0.480 e. The highest BCUT2D eigenvalue weighted by Crippen LogP contribution is 2.27. The highest BCUT2D eigenvalue weighted by atomic mass is 35.5. The molecule has 1 aliphatic rings. The van der Waals surface area contributed by atoms with Crippen LogP contribution in [0.2, 0.25) is 5.15 Å². The third-order valence-corrected chi connectivity index (χ3v) is 3.60. The molecule has 1 aliphatic heterocycles. The van der Waals surface area contributed by atoms with Crippen molar-refractivity contribution in [3.05, 3.63) is 52.9 Å². The third-order valence-electron chi connectivity index (χ3n) is 3.42. The molecule has 0 aliphatic carbocycles. The summed E-state index contributed by atoms with van der Waals surface area (Å²) in [4.78, 5) is 21.4. The fraction of sp³-hybridized carbons (Fsp3) is 0.214. The molecule has 102 valence electrons. The normalized spacial score (nSPS) is 17.6. The number of carboxylic acids is 1. The molecule has 6 heteroatoms. The van der Waals surface area contributed by atoms with E-state index in [2.05, 4.69) is 9.97 Å². The zero-order valence-corrected chi connectivity index (χ0v) is 11.3. The van der Waals surface area contributed by atoms with Gasteiger partial charge in [0.1, 0.15) is 17.0 Å². The number of anilines is 1. The van der Waals surface area contributed by atoms with Crippen LogP contribution >= 0.6 is 11.6 Å². The van der Waals surface area contributed by atoms with Crippen LogP contribution in [0.1, 0.15) is 11.1 Å². The third kappa shape index (κ3) is 2.32. The summed E-state index contributed by atoms with van der Waals surface area (Å²) in [5.74, 6) is -0.388.